The Morgan fingerprint density at radius 1 is 1.42 bits per heavy atom. The molecule has 0 radical (unpaired) electrons. The first-order valence-electron chi connectivity index (χ1n) is 6.57. The molecule has 2 rings (SSSR count). The van der Waals surface area contributed by atoms with Crippen LogP contribution in [0.5, 0.6) is 0 Å². The van der Waals surface area contributed by atoms with Gasteiger partial charge in [0, 0.05) is 17.6 Å². The Hall–Kier alpha value is -1.03. The van der Waals surface area contributed by atoms with Crippen molar-refractivity contribution in [1.82, 2.24) is 0 Å². The van der Waals surface area contributed by atoms with E-state index in [1.807, 2.05) is 12.1 Å². The van der Waals surface area contributed by atoms with E-state index < -0.39 is 5.97 Å². The van der Waals surface area contributed by atoms with Crippen LogP contribution in [0.1, 0.15) is 37.6 Å². The van der Waals surface area contributed by atoms with Gasteiger partial charge in [-0.05, 0) is 45.8 Å². The van der Waals surface area contributed by atoms with Gasteiger partial charge in [0.1, 0.15) is 0 Å². The van der Waals surface area contributed by atoms with Crippen molar-refractivity contribution in [1.29, 1.82) is 0 Å². The summed E-state index contributed by atoms with van der Waals surface area (Å²) in [4.78, 5) is 13.6. The normalized spacial score (nSPS) is 19.8. The van der Waals surface area contributed by atoms with Gasteiger partial charge in [-0.2, -0.15) is 0 Å². The number of carboxylic acids is 1. The average Bonchev–Trinajstić information content (AvgIpc) is 2.76. The smallest absolute Gasteiger partial charge is 0.338 e. The fourth-order valence-electron chi connectivity index (χ4n) is 2.67. The molecule has 3 nitrogen and oxygen atoms in total. The molecule has 104 valence electrons. The topological polar surface area (TPSA) is 40.5 Å². The molecule has 0 spiro atoms. The van der Waals surface area contributed by atoms with E-state index in [0.29, 0.717) is 16.0 Å². The lowest BCUT2D eigenvalue weighted by molar-refractivity contribution is 0.0696. The van der Waals surface area contributed by atoms with Gasteiger partial charge in [0.05, 0.1) is 11.3 Å². The fourth-order valence-corrected chi connectivity index (χ4v) is 3.20. The standard InChI is InChI=1S/C15H20BrNO2/c1-15(2,3)10-7-8-17(9-10)12-6-4-5-11(16)13(12)14(18)19/h4-6,10H,7-9H2,1-3H3,(H,18,19). The zero-order chi connectivity index (χ0) is 14.2. The zero-order valence-corrected chi connectivity index (χ0v) is 13.2. The lowest BCUT2D eigenvalue weighted by atomic mass is 9.80. The van der Waals surface area contributed by atoms with Gasteiger partial charge in [-0.25, -0.2) is 4.79 Å². The van der Waals surface area contributed by atoms with Gasteiger partial charge in [0.15, 0.2) is 0 Å². The number of hydrogen-bond acceptors (Lipinski definition) is 2. The molecule has 0 bridgehead atoms. The third-order valence-corrected chi connectivity index (χ3v) is 4.62. The van der Waals surface area contributed by atoms with E-state index in [1.54, 1.807) is 6.07 Å². The van der Waals surface area contributed by atoms with Crippen LogP contribution >= 0.6 is 15.9 Å². The molecule has 4 heteroatoms. The molecule has 0 amide bonds. The Bertz CT molecular complexity index is 493. The minimum atomic E-state index is -0.873. The molecular formula is C15H20BrNO2. The molecule has 1 aromatic carbocycles. The summed E-state index contributed by atoms with van der Waals surface area (Å²) in [5.74, 6) is -0.269. The van der Waals surface area contributed by atoms with Crippen LogP contribution in [0.15, 0.2) is 22.7 Å². The Labute approximate surface area is 122 Å². The second kappa shape index (κ2) is 5.16. The van der Waals surface area contributed by atoms with Gasteiger partial charge in [0.2, 0.25) is 0 Å². The van der Waals surface area contributed by atoms with Gasteiger partial charge in [-0.1, -0.05) is 26.8 Å². The van der Waals surface area contributed by atoms with Gasteiger partial charge in [-0.3, -0.25) is 0 Å². The van der Waals surface area contributed by atoms with Crippen LogP contribution in [-0.2, 0) is 0 Å². The molecule has 1 aliphatic heterocycles. The van der Waals surface area contributed by atoms with Gasteiger partial charge >= 0.3 is 5.97 Å². The quantitative estimate of drug-likeness (QED) is 0.892. The van der Waals surface area contributed by atoms with Crippen LogP contribution in [-0.4, -0.2) is 24.2 Å². The summed E-state index contributed by atoms with van der Waals surface area (Å²) in [6.07, 6.45) is 1.12. The fraction of sp³-hybridized carbons (Fsp3) is 0.533. The maximum absolute atomic E-state index is 11.4. The van der Waals surface area contributed by atoms with E-state index in [9.17, 15) is 9.90 Å². The summed E-state index contributed by atoms with van der Waals surface area (Å²) in [6.45, 7) is 8.61. The van der Waals surface area contributed by atoms with Crippen molar-refractivity contribution in [2.75, 3.05) is 18.0 Å². The van der Waals surface area contributed by atoms with Crippen LogP contribution in [0.2, 0.25) is 0 Å². The predicted molar refractivity (Wildman–Crippen MR) is 80.9 cm³/mol. The van der Waals surface area contributed by atoms with E-state index >= 15 is 0 Å². The average molecular weight is 326 g/mol. The number of hydrogen-bond donors (Lipinski definition) is 1. The number of nitrogens with zero attached hydrogens (tertiary/aromatic N) is 1. The maximum atomic E-state index is 11.4. The predicted octanol–water partition coefficient (Wildman–Crippen LogP) is 4.02. The molecule has 1 saturated heterocycles. The van der Waals surface area contributed by atoms with Crippen molar-refractivity contribution in [3.63, 3.8) is 0 Å². The highest BCUT2D eigenvalue weighted by Crippen LogP contribution is 2.37. The molecule has 1 N–H and O–H groups in total. The monoisotopic (exact) mass is 325 g/mol. The Kier molecular flexibility index (Phi) is 3.90. The van der Waals surface area contributed by atoms with Gasteiger partial charge in [0.25, 0.3) is 0 Å². The third kappa shape index (κ3) is 2.94. The largest absolute Gasteiger partial charge is 0.478 e. The minimum Gasteiger partial charge on any atom is -0.478 e. The van der Waals surface area contributed by atoms with Crippen molar-refractivity contribution in [2.45, 2.75) is 27.2 Å². The summed E-state index contributed by atoms with van der Waals surface area (Å²) < 4.78 is 0.650. The van der Waals surface area contributed by atoms with Crippen LogP contribution in [0.25, 0.3) is 0 Å². The van der Waals surface area contributed by atoms with Gasteiger partial charge < -0.3 is 10.0 Å². The number of halogens is 1. The highest BCUT2D eigenvalue weighted by atomic mass is 79.9. The highest BCUT2D eigenvalue weighted by Gasteiger charge is 2.33. The molecular weight excluding hydrogens is 306 g/mol. The van der Waals surface area contributed by atoms with E-state index in [-0.39, 0.29) is 5.41 Å². The van der Waals surface area contributed by atoms with Crippen molar-refractivity contribution in [3.05, 3.63) is 28.2 Å². The number of rotatable bonds is 2. The molecule has 1 fully saturated rings. The third-order valence-electron chi connectivity index (χ3n) is 3.96. The highest BCUT2D eigenvalue weighted by molar-refractivity contribution is 9.10. The van der Waals surface area contributed by atoms with Gasteiger partial charge in [-0.15, -0.1) is 0 Å². The summed E-state index contributed by atoms with van der Waals surface area (Å²) in [5.41, 5.74) is 1.47. The van der Waals surface area contributed by atoms with Crippen molar-refractivity contribution in [2.24, 2.45) is 11.3 Å². The lowest BCUT2D eigenvalue weighted by Gasteiger charge is -2.28. The van der Waals surface area contributed by atoms with Crippen LogP contribution in [0.4, 0.5) is 5.69 Å². The van der Waals surface area contributed by atoms with E-state index in [2.05, 4.69) is 41.6 Å². The van der Waals surface area contributed by atoms with Crippen molar-refractivity contribution >= 4 is 27.6 Å². The maximum Gasteiger partial charge on any atom is 0.338 e. The van der Waals surface area contributed by atoms with Crippen LogP contribution < -0.4 is 4.90 Å². The van der Waals surface area contributed by atoms with Crippen molar-refractivity contribution < 1.29 is 9.90 Å². The number of anilines is 1. The van der Waals surface area contributed by atoms with Crippen molar-refractivity contribution in [3.8, 4) is 0 Å². The first kappa shape index (κ1) is 14.4. The summed E-state index contributed by atoms with van der Waals surface area (Å²) in [6, 6.07) is 5.58. The number of carbonyl (C=O) groups is 1. The second-order valence-corrected chi connectivity index (χ2v) is 7.09. The molecule has 19 heavy (non-hydrogen) atoms. The first-order valence-corrected chi connectivity index (χ1v) is 7.36. The number of aromatic carboxylic acids is 1. The zero-order valence-electron chi connectivity index (χ0n) is 11.6. The van der Waals surface area contributed by atoms with Crippen LogP contribution in [0.3, 0.4) is 0 Å². The molecule has 1 heterocycles. The molecule has 0 aromatic heterocycles. The minimum absolute atomic E-state index is 0.268. The molecule has 1 atom stereocenters. The summed E-state index contributed by atoms with van der Waals surface area (Å²) in [5, 5.41) is 9.38. The molecule has 0 aliphatic carbocycles. The number of carboxylic acid groups (broad SMARTS) is 1. The van der Waals surface area contributed by atoms with E-state index in [4.69, 9.17) is 0 Å². The SMILES string of the molecule is CC(C)(C)C1CCN(c2cccc(Br)c2C(=O)O)C1. The Morgan fingerprint density at radius 3 is 2.63 bits per heavy atom. The van der Waals surface area contributed by atoms with E-state index in [1.165, 1.54) is 0 Å². The molecule has 1 aromatic rings. The summed E-state index contributed by atoms with van der Waals surface area (Å²) in [7, 11) is 0. The van der Waals surface area contributed by atoms with Crippen LogP contribution in [0, 0.1) is 11.3 Å². The Morgan fingerprint density at radius 2 is 2.11 bits per heavy atom. The molecule has 1 aliphatic rings. The number of benzene rings is 1. The lowest BCUT2D eigenvalue weighted by Crippen LogP contribution is -2.27. The first-order chi connectivity index (χ1) is 8.80. The summed E-state index contributed by atoms with van der Waals surface area (Å²) >= 11 is 3.34. The second-order valence-electron chi connectivity index (χ2n) is 6.24. The molecule has 1 unspecified atom stereocenters. The Balaban J connectivity index is 2.30. The van der Waals surface area contributed by atoms with E-state index in [0.717, 1.165) is 25.2 Å². The molecule has 0 saturated carbocycles.